The number of aliphatic hydroxyl groups is 4. The summed E-state index contributed by atoms with van der Waals surface area (Å²) in [5, 5.41) is 35.4. The van der Waals surface area contributed by atoms with E-state index in [4.69, 9.17) is 29.9 Å². The first-order valence-electron chi connectivity index (χ1n) is 8.47. The van der Waals surface area contributed by atoms with E-state index in [1.807, 2.05) is 0 Å². The van der Waals surface area contributed by atoms with Gasteiger partial charge in [0.1, 0.15) is 13.2 Å². The van der Waals surface area contributed by atoms with Crippen molar-refractivity contribution >= 4 is 11.9 Å². The summed E-state index contributed by atoms with van der Waals surface area (Å²) in [7, 11) is 0. The lowest BCUT2D eigenvalue weighted by Gasteiger charge is -2.19. The van der Waals surface area contributed by atoms with Crippen LogP contribution in [0.4, 0.5) is 0 Å². The minimum atomic E-state index is -0.697. The second-order valence-electron chi connectivity index (χ2n) is 5.25. The van der Waals surface area contributed by atoms with E-state index in [0.717, 1.165) is 12.2 Å². The average molecular weight is 378 g/mol. The van der Waals surface area contributed by atoms with Gasteiger partial charge in [0, 0.05) is 51.4 Å². The zero-order chi connectivity index (χ0) is 19.6. The number of aliphatic hydroxyl groups excluding tert-OH is 4. The van der Waals surface area contributed by atoms with Crippen molar-refractivity contribution in [3.8, 4) is 0 Å². The third kappa shape index (κ3) is 13.7. The number of hydrogen-bond donors (Lipinski definition) is 4. The Bertz CT molecular complexity index is 358. The van der Waals surface area contributed by atoms with Gasteiger partial charge in [-0.15, -0.1) is 0 Å². The van der Waals surface area contributed by atoms with Crippen LogP contribution in [-0.2, 0) is 19.1 Å². The molecule has 0 atom stereocenters. The summed E-state index contributed by atoms with van der Waals surface area (Å²) in [5.74, 6) is -1.39. The summed E-state index contributed by atoms with van der Waals surface area (Å²) in [4.78, 5) is 26.5. The standard InChI is InChI=1S/C16H30N2O8/c19-9-3-17(4-10-20)7-13-25-15(23)1-2-16(24)26-14-8-18(5-11-21)6-12-22/h1-2,19-22H,3-14H2. The monoisotopic (exact) mass is 378 g/mol. The van der Waals surface area contributed by atoms with Gasteiger partial charge in [0.05, 0.1) is 26.4 Å². The van der Waals surface area contributed by atoms with Crippen molar-refractivity contribution in [3.63, 3.8) is 0 Å². The first-order chi connectivity index (χ1) is 12.6. The summed E-state index contributed by atoms with van der Waals surface area (Å²) < 4.78 is 9.84. The molecule has 0 amide bonds. The SMILES string of the molecule is O=C(C=CC(=O)OCCN(CCO)CCO)OCCN(CCO)CCO. The lowest BCUT2D eigenvalue weighted by molar-refractivity contribution is -0.141. The Hall–Kier alpha value is -1.56. The third-order valence-corrected chi connectivity index (χ3v) is 3.32. The normalized spacial score (nSPS) is 11.5. The molecular formula is C16H30N2O8. The van der Waals surface area contributed by atoms with Gasteiger partial charge in [0.25, 0.3) is 0 Å². The summed E-state index contributed by atoms with van der Waals surface area (Å²) in [6.07, 6.45) is 1.92. The summed E-state index contributed by atoms with van der Waals surface area (Å²) in [6, 6.07) is 0. The van der Waals surface area contributed by atoms with E-state index in [-0.39, 0.29) is 39.6 Å². The number of rotatable bonds is 16. The number of ether oxygens (including phenoxy) is 2. The quantitative estimate of drug-likeness (QED) is 0.164. The molecule has 10 nitrogen and oxygen atoms in total. The highest BCUT2D eigenvalue weighted by Crippen LogP contribution is 1.92. The summed E-state index contributed by atoms with van der Waals surface area (Å²) in [5.41, 5.74) is 0. The second-order valence-corrected chi connectivity index (χ2v) is 5.25. The maximum Gasteiger partial charge on any atom is 0.331 e. The summed E-state index contributed by atoms with van der Waals surface area (Å²) in [6.45, 7) is 2.06. The van der Waals surface area contributed by atoms with Crippen LogP contribution in [-0.4, -0.2) is 121 Å². The topological polar surface area (TPSA) is 140 Å². The molecule has 0 rings (SSSR count). The van der Waals surface area contributed by atoms with Crippen LogP contribution in [0.2, 0.25) is 0 Å². The molecule has 26 heavy (non-hydrogen) atoms. The molecule has 0 fully saturated rings. The largest absolute Gasteiger partial charge is 0.461 e. The van der Waals surface area contributed by atoms with Crippen molar-refractivity contribution in [2.45, 2.75) is 0 Å². The molecule has 4 N–H and O–H groups in total. The van der Waals surface area contributed by atoms with Crippen molar-refractivity contribution in [2.24, 2.45) is 0 Å². The van der Waals surface area contributed by atoms with Gasteiger partial charge < -0.3 is 29.9 Å². The highest BCUT2D eigenvalue weighted by atomic mass is 16.5. The summed E-state index contributed by atoms with van der Waals surface area (Å²) >= 11 is 0. The Morgan fingerprint density at radius 3 is 1.19 bits per heavy atom. The van der Waals surface area contributed by atoms with Crippen molar-refractivity contribution in [3.05, 3.63) is 12.2 Å². The molecule has 0 aliphatic rings. The third-order valence-electron chi connectivity index (χ3n) is 3.32. The van der Waals surface area contributed by atoms with Gasteiger partial charge in [0.15, 0.2) is 0 Å². The Morgan fingerprint density at radius 1 is 0.615 bits per heavy atom. The van der Waals surface area contributed by atoms with E-state index in [9.17, 15) is 9.59 Å². The van der Waals surface area contributed by atoms with E-state index in [1.165, 1.54) is 0 Å². The maximum atomic E-state index is 11.5. The maximum absolute atomic E-state index is 11.5. The van der Waals surface area contributed by atoms with Gasteiger partial charge in [-0.1, -0.05) is 0 Å². The minimum absolute atomic E-state index is 0.0618. The van der Waals surface area contributed by atoms with Gasteiger partial charge in [-0.3, -0.25) is 9.80 Å². The lowest BCUT2D eigenvalue weighted by Crippen LogP contribution is -2.33. The molecule has 0 radical (unpaired) electrons. The fourth-order valence-electron chi connectivity index (χ4n) is 2.02. The van der Waals surface area contributed by atoms with Gasteiger partial charge in [0.2, 0.25) is 0 Å². The van der Waals surface area contributed by atoms with Crippen molar-refractivity contribution in [2.75, 3.05) is 78.9 Å². The Balaban J connectivity index is 3.98. The van der Waals surface area contributed by atoms with Crippen LogP contribution in [0.5, 0.6) is 0 Å². The number of esters is 2. The fourth-order valence-corrected chi connectivity index (χ4v) is 2.02. The van der Waals surface area contributed by atoms with Crippen LogP contribution in [0.15, 0.2) is 12.2 Å². The van der Waals surface area contributed by atoms with Gasteiger partial charge >= 0.3 is 11.9 Å². The minimum Gasteiger partial charge on any atom is -0.461 e. The van der Waals surface area contributed by atoms with E-state index >= 15 is 0 Å². The molecule has 0 aliphatic heterocycles. The van der Waals surface area contributed by atoms with Crippen LogP contribution in [0.25, 0.3) is 0 Å². The number of hydrogen-bond acceptors (Lipinski definition) is 10. The molecule has 10 heteroatoms. The van der Waals surface area contributed by atoms with Crippen molar-refractivity contribution < 1.29 is 39.5 Å². The van der Waals surface area contributed by atoms with Gasteiger partial charge in [-0.05, 0) is 0 Å². The van der Waals surface area contributed by atoms with Crippen LogP contribution >= 0.6 is 0 Å². The molecule has 152 valence electrons. The molecule has 0 unspecified atom stereocenters. The van der Waals surface area contributed by atoms with Crippen LogP contribution < -0.4 is 0 Å². The Kier molecular flexibility index (Phi) is 15.9. The molecule has 0 heterocycles. The molecule has 0 aromatic rings. The predicted molar refractivity (Wildman–Crippen MR) is 92.3 cm³/mol. The van der Waals surface area contributed by atoms with E-state index < -0.39 is 11.9 Å². The lowest BCUT2D eigenvalue weighted by atomic mass is 10.4. The van der Waals surface area contributed by atoms with Gasteiger partial charge in [-0.2, -0.15) is 0 Å². The van der Waals surface area contributed by atoms with E-state index in [0.29, 0.717) is 39.3 Å². The first-order valence-corrected chi connectivity index (χ1v) is 8.47. The Labute approximate surface area is 153 Å². The van der Waals surface area contributed by atoms with Crippen LogP contribution in [0.1, 0.15) is 0 Å². The van der Waals surface area contributed by atoms with Crippen molar-refractivity contribution in [1.29, 1.82) is 0 Å². The first kappa shape index (κ1) is 24.4. The molecule has 0 spiro atoms. The molecule has 0 bridgehead atoms. The van der Waals surface area contributed by atoms with E-state index in [2.05, 4.69) is 0 Å². The highest BCUT2D eigenvalue weighted by molar-refractivity contribution is 5.91. The zero-order valence-corrected chi connectivity index (χ0v) is 15.0. The molecule has 0 saturated carbocycles. The predicted octanol–water partition coefficient (Wildman–Crippen LogP) is -2.80. The molecular weight excluding hydrogens is 348 g/mol. The van der Waals surface area contributed by atoms with Crippen molar-refractivity contribution in [1.82, 2.24) is 9.80 Å². The smallest absolute Gasteiger partial charge is 0.331 e. The molecule has 0 saturated heterocycles. The van der Waals surface area contributed by atoms with Crippen LogP contribution in [0, 0.1) is 0 Å². The van der Waals surface area contributed by atoms with Crippen LogP contribution in [0.3, 0.4) is 0 Å². The number of carbonyl (C=O) groups is 2. The fraction of sp³-hybridized carbons (Fsp3) is 0.750. The zero-order valence-electron chi connectivity index (χ0n) is 15.0. The molecule has 0 aromatic carbocycles. The number of carbonyl (C=O) groups excluding carboxylic acids is 2. The second kappa shape index (κ2) is 16.9. The number of nitrogens with zero attached hydrogens (tertiary/aromatic N) is 2. The Morgan fingerprint density at radius 2 is 0.923 bits per heavy atom. The molecule has 0 aromatic heterocycles. The average Bonchev–Trinajstić information content (AvgIpc) is 2.60. The van der Waals surface area contributed by atoms with E-state index in [1.54, 1.807) is 9.80 Å². The highest BCUT2D eigenvalue weighted by Gasteiger charge is 2.07. The molecule has 0 aliphatic carbocycles. The van der Waals surface area contributed by atoms with Gasteiger partial charge in [-0.25, -0.2) is 9.59 Å².